The number of amides is 1. The zero-order valence-electron chi connectivity index (χ0n) is 16.7. The Kier molecular flexibility index (Phi) is 5.31. The lowest BCUT2D eigenvalue weighted by Gasteiger charge is -2.19. The molecule has 1 aliphatic rings. The molecule has 1 aromatic carbocycles. The highest BCUT2D eigenvalue weighted by Crippen LogP contribution is 2.38. The monoisotopic (exact) mass is 412 g/mol. The van der Waals surface area contributed by atoms with E-state index in [1.807, 2.05) is 45.0 Å². The first-order valence-electron chi connectivity index (χ1n) is 9.77. The van der Waals surface area contributed by atoms with Crippen LogP contribution in [0.3, 0.4) is 0 Å². The van der Waals surface area contributed by atoms with Gasteiger partial charge in [0.05, 0.1) is 0 Å². The van der Waals surface area contributed by atoms with Gasteiger partial charge in [-0.1, -0.05) is 42.8 Å². The Labute approximate surface area is 173 Å². The summed E-state index contributed by atoms with van der Waals surface area (Å²) in [5.41, 5.74) is 2.01. The lowest BCUT2D eigenvalue weighted by atomic mass is 10.0. The summed E-state index contributed by atoms with van der Waals surface area (Å²) in [6.07, 6.45) is 2.19. The fourth-order valence-corrected chi connectivity index (χ4v) is 3.42. The second kappa shape index (κ2) is 7.90. The summed E-state index contributed by atoms with van der Waals surface area (Å²) in [7, 11) is 0. The van der Waals surface area contributed by atoms with E-state index in [1.54, 1.807) is 4.57 Å². The lowest BCUT2D eigenvalue weighted by Crippen LogP contribution is -2.34. The van der Waals surface area contributed by atoms with Crippen LogP contribution >= 0.6 is 12.2 Å². The van der Waals surface area contributed by atoms with Crippen molar-refractivity contribution in [2.45, 2.75) is 52.1 Å². The number of benzene rings is 1. The summed E-state index contributed by atoms with van der Waals surface area (Å²) in [6, 6.07) is 7.56. The highest BCUT2D eigenvalue weighted by Gasteiger charge is 2.31. The molecule has 1 atom stereocenters. The highest BCUT2D eigenvalue weighted by atomic mass is 32.1. The molecule has 2 aromatic heterocycles. The van der Waals surface area contributed by atoms with Gasteiger partial charge in [0.15, 0.2) is 16.4 Å². The fraction of sp³-hybridized carbons (Fsp3) is 0.450. The van der Waals surface area contributed by atoms with Crippen LogP contribution in [-0.4, -0.2) is 30.8 Å². The number of nitrogens with one attached hydrogen (secondary N) is 2. The summed E-state index contributed by atoms with van der Waals surface area (Å²) in [5.74, 6) is 2.12. The van der Waals surface area contributed by atoms with E-state index in [9.17, 15) is 4.79 Å². The Bertz CT molecular complexity index is 1080. The summed E-state index contributed by atoms with van der Waals surface area (Å²) >= 11 is 5.35. The lowest BCUT2D eigenvalue weighted by molar-refractivity contribution is -0.123. The largest absolute Gasteiger partial charge is 0.342 e. The molecule has 2 heterocycles. The number of carbonyl (C=O) groups excluding carboxylic acids is 1. The van der Waals surface area contributed by atoms with Crippen molar-refractivity contribution in [2.75, 3.05) is 0 Å². The second-order valence-electron chi connectivity index (χ2n) is 7.86. The zero-order valence-corrected chi connectivity index (χ0v) is 17.5. The molecule has 152 valence electrons. The molecule has 3 aromatic rings. The van der Waals surface area contributed by atoms with Gasteiger partial charge in [0, 0.05) is 11.5 Å². The number of carbonyl (C=O) groups is 1. The second-order valence-corrected chi connectivity index (χ2v) is 8.25. The first-order chi connectivity index (χ1) is 13.9. The highest BCUT2D eigenvalue weighted by molar-refractivity contribution is 7.71. The predicted octanol–water partition coefficient (Wildman–Crippen LogP) is 3.69. The van der Waals surface area contributed by atoms with Gasteiger partial charge in [-0.05, 0) is 44.0 Å². The van der Waals surface area contributed by atoms with E-state index in [0.29, 0.717) is 22.4 Å². The van der Waals surface area contributed by atoms with E-state index in [-0.39, 0.29) is 24.4 Å². The van der Waals surface area contributed by atoms with Crippen LogP contribution in [0.25, 0.3) is 11.4 Å². The smallest absolute Gasteiger partial charge is 0.249 e. The van der Waals surface area contributed by atoms with Crippen LogP contribution in [0.15, 0.2) is 28.8 Å². The van der Waals surface area contributed by atoms with E-state index in [2.05, 4.69) is 25.7 Å². The Morgan fingerprint density at radius 1 is 1.41 bits per heavy atom. The van der Waals surface area contributed by atoms with Gasteiger partial charge in [0.2, 0.25) is 11.8 Å². The molecule has 2 N–H and O–H groups in total. The molecular formula is C20H24N6O2S. The van der Waals surface area contributed by atoms with Gasteiger partial charge < -0.3 is 9.84 Å². The number of aromatic amines is 1. The molecular weight excluding hydrogens is 388 g/mol. The van der Waals surface area contributed by atoms with E-state index in [4.69, 9.17) is 16.7 Å². The summed E-state index contributed by atoms with van der Waals surface area (Å²) in [4.78, 5) is 17.3. The maximum absolute atomic E-state index is 12.8. The van der Waals surface area contributed by atoms with Gasteiger partial charge in [0.1, 0.15) is 12.6 Å². The quantitative estimate of drug-likeness (QED) is 0.574. The Balaban J connectivity index is 1.52. The molecule has 0 saturated heterocycles. The number of aromatic nitrogens is 5. The molecule has 1 aliphatic carbocycles. The number of aryl methyl sites for hydroxylation is 1. The minimum Gasteiger partial charge on any atom is -0.342 e. The van der Waals surface area contributed by atoms with Crippen LogP contribution in [0.1, 0.15) is 55.9 Å². The normalized spacial score (nSPS) is 14.9. The van der Waals surface area contributed by atoms with Gasteiger partial charge in [-0.15, -0.1) is 0 Å². The maximum Gasteiger partial charge on any atom is 0.249 e. The molecule has 1 amide bonds. The third-order valence-corrected chi connectivity index (χ3v) is 5.30. The van der Waals surface area contributed by atoms with E-state index < -0.39 is 0 Å². The van der Waals surface area contributed by atoms with Crippen LogP contribution in [0.4, 0.5) is 0 Å². The Morgan fingerprint density at radius 2 is 2.21 bits per heavy atom. The molecule has 1 saturated carbocycles. The summed E-state index contributed by atoms with van der Waals surface area (Å²) in [6.45, 7) is 6.07. The number of rotatable bonds is 7. The van der Waals surface area contributed by atoms with Crippen LogP contribution in [0.5, 0.6) is 0 Å². The molecule has 0 radical (unpaired) electrons. The first kappa shape index (κ1) is 19.5. The molecule has 0 spiro atoms. The predicted molar refractivity (Wildman–Crippen MR) is 110 cm³/mol. The Morgan fingerprint density at radius 3 is 2.90 bits per heavy atom. The van der Waals surface area contributed by atoms with Gasteiger partial charge in [-0.25, -0.2) is 0 Å². The Hall–Kier alpha value is -2.81. The van der Waals surface area contributed by atoms with Crippen LogP contribution < -0.4 is 5.32 Å². The SMILES string of the molecule is Cc1cccc(-c2n[nH]c(=S)n2CC(=O)NC(c2nc(C3CC3)no2)C(C)C)c1. The maximum atomic E-state index is 12.8. The summed E-state index contributed by atoms with van der Waals surface area (Å²) < 4.78 is 7.52. The molecule has 0 bridgehead atoms. The molecule has 4 rings (SSSR count). The van der Waals surface area contributed by atoms with Crippen LogP contribution in [-0.2, 0) is 11.3 Å². The molecule has 9 heteroatoms. The molecule has 1 unspecified atom stereocenters. The van der Waals surface area contributed by atoms with Crippen LogP contribution in [0.2, 0.25) is 0 Å². The number of nitrogens with zero attached hydrogens (tertiary/aromatic N) is 4. The zero-order chi connectivity index (χ0) is 20.5. The summed E-state index contributed by atoms with van der Waals surface area (Å²) in [5, 5.41) is 14.2. The van der Waals surface area contributed by atoms with Crippen molar-refractivity contribution in [3.8, 4) is 11.4 Å². The minimum absolute atomic E-state index is 0.0471. The third kappa shape index (κ3) is 4.29. The number of H-pyrrole nitrogens is 1. The molecule has 0 aliphatic heterocycles. The van der Waals surface area contributed by atoms with Gasteiger partial charge in [-0.3, -0.25) is 14.5 Å². The van der Waals surface area contributed by atoms with Crippen molar-refractivity contribution in [1.29, 1.82) is 0 Å². The van der Waals surface area contributed by atoms with Gasteiger partial charge in [-0.2, -0.15) is 10.1 Å². The molecule has 1 fully saturated rings. The van der Waals surface area contributed by atoms with Gasteiger partial charge in [0.25, 0.3) is 0 Å². The van der Waals surface area contributed by atoms with Crippen molar-refractivity contribution in [1.82, 2.24) is 30.2 Å². The average molecular weight is 413 g/mol. The van der Waals surface area contributed by atoms with Crippen molar-refractivity contribution in [3.05, 3.63) is 46.3 Å². The topological polar surface area (TPSA) is 102 Å². The van der Waals surface area contributed by atoms with Crippen molar-refractivity contribution < 1.29 is 9.32 Å². The minimum atomic E-state index is -0.356. The standard InChI is InChI=1S/C20H24N6O2S/c1-11(2)16(19-22-17(25-28-19)13-7-8-13)21-15(27)10-26-18(23-24-20(26)29)14-6-4-5-12(3)9-14/h4-6,9,11,13,16H,7-8,10H2,1-3H3,(H,21,27)(H,24,29). The van der Waals surface area contributed by atoms with Crippen LogP contribution in [0, 0.1) is 17.6 Å². The average Bonchev–Trinajstić information content (AvgIpc) is 3.31. The van der Waals surface area contributed by atoms with Gasteiger partial charge >= 0.3 is 0 Å². The fourth-order valence-electron chi connectivity index (χ4n) is 3.23. The molecule has 29 heavy (non-hydrogen) atoms. The van der Waals surface area contributed by atoms with Crippen molar-refractivity contribution in [3.63, 3.8) is 0 Å². The van der Waals surface area contributed by atoms with Crippen molar-refractivity contribution >= 4 is 18.1 Å². The van der Waals surface area contributed by atoms with E-state index >= 15 is 0 Å². The first-order valence-corrected chi connectivity index (χ1v) is 10.2. The van der Waals surface area contributed by atoms with E-state index in [1.165, 1.54) is 0 Å². The van der Waals surface area contributed by atoms with E-state index in [0.717, 1.165) is 29.8 Å². The van der Waals surface area contributed by atoms with Crippen molar-refractivity contribution in [2.24, 2.45) is 5.92 Å². The number of hydrogen-bond donors (Lipinski definition) is 2. The third-order valence-electron chi connectivity index (χ3n) is 4.99. The number of hydrogen-bond acceptors (Lipinski definition) is 6. The molecule has 8 nitrogen and oxygen atoms in total.